The summed E-state index contributed by atoms with van der Waals surface area (Å²) in [6.45, 7) is 0.855. The van der Waals surface area contributed by atoms with Crippen molar-refractivity contribution in [2.24, 2.45) is 0 Å². The van der Waals surface area contributed by atoms with Crippen LogP contribution >= 0.6 is 11.8 Å². The number of carbonyl (C=O) groups excluding carboxylic acids is 1. The molecular weight excluding hydrogens is 152 g/mol. The highest BCUT2D eigenvalue weighted by Gasteiger charge is 2.22. The molecule has 1 atom stereocenters. The fourth-order valence-corrected chi connectivity index (χ4v) is 1.35. The first-order valence-electron chi connectivity index (χ1n) is 3.09. The molecule has 0 bridgehead atoms. The summed E-state index contributed by atoms with van der Waals surface area (Å²) in [5.41, 5.74) is 0. The van der Waals surface area contributed by atoms with Gasteiger partial charge in [0, 0.05) is 5.75 Å². The molecule has 0 aromatic carbocycles. The van der Waals surface area contributed by atoms with Crippen LogP contribution in [0.25, 0.3) is 0 Å². The third-order valence-electron chi connectivity index (χ3n) is 1.15. The van der Waals surface area contributed by atoms with E-state index in [4.69, 9.17) is 4.74 Å². The van der Waals surface area contributed by atoms with Gasteiger partial charge in [-0.1, -0.05) is 0 Å². The van der Waals surface area contributed by atoms with Crippen molar-refractivity contribution in [2.45, 2.75) is 6.10 Å². The summed E-state index contributed by atoms with van der Waals surface area (Å²) in [5.74, 6) is 1.19. The van der Waals surface area contributed by atoms with Crippen LogP contribution in [0.15, 0.2) is 0 Å². The predicted octanol–water partition coefficient (Wildman–Crippen LogP) is 0.291. The summed E-state index contributed by atoms with van der Waals surface area (Å²) >= 11 is 1.56. The van der Waals surface area contributed by atoms with E-state index in [-0.39, 0.29) is 5.97 Å². The quantitative estimate of drug-likeness (QED) is 0.440. The Labute approximate surface area is 64.1 Å². The zero-order valence-electron chi connectivity index (χ0n) is 5.83. The molecule has 1 unspecified atom stereocenters. The average Bonchev–Trinajstić information content (AvgIpc) is 2.71. The van der Waals surface area contributed by atoms with Crippen LogP contribution < -0.4 is 0 Å². The first-order valence-corrected chi connectivity index (χ1v) is 4.24. The SMILES string of the molecule is COC(=O)CSCC1CO1. The lowest BCUT2D eigenvalue weighted by Crippen LogP contribution is -2.04. The smallest absolute Gasteiger partial charge is 0.315 e. The zero-order valence-corrected chi connectivity index (χ0v) is 6.65. The summed E-state index contributed by atoms with van der Waals surface area (Å²) in [4.78, 5) is 10.5. The van der Waals surface area contributed by atoms with Crippen molar-refractivity contribution in [1.29, 1.82) is 0 Å². The maximum atomic E-state index is 10.5. The van der Waals surface area contributed by atoms with Gasteiger partial charge in [0.15, 0.2) is 0 Å². The Morgan fingerprint density at radius 1 is 1.90 bits per heavy atom. The van der Waals surface area contributed by atoms with Gasteiger partial charge in [0.2, 0.25) is 0 Å². The first-order chi connectivity index (χ1) is 4.83. The summed E-state index contributed by atoms with van der Waals surface area (Å²) in [5, 5.41) is 0. The van der Waals surface area contributed by atoms with Gasteiger partial charge >= 0.3 is 5.97 Å². The molecule has 1 aliphatic heterocycles. The van der Waals surface area contributed by atoms with Crippen LogP contribution in [0.1, 0.15) is 0 Å². The van der Waals surface area contributed by atoms with E-state index in [1.165, 1.54) is 7.11 Å². The molecule has 1 fully saturated rings. The molecule has 1 aliphatic rings. The van der Waals surface area contributed by atoms with Gasteiger partial charge in [0.25, 0.3) is 0 Å². The molecule has 1 heterocycles. The highest BCUT2D eigenvalue weighted by molar-refractivity contribution is 7.99. The molecule has 0 aliphatic carbocycles. The van der Waals surface area contributed by atoms with E-state index in [0.29, 0.717) is 11.9 Å². The van der Waals surface area contributed by atoms with E-state index in [2.05, 4.69) is 4.74 Å². The molecule has 0 radical (unpaired) electrons. The molecule has 0 saturated carbocycles. The number of hydrogen-bond donors (Lipinski definition) is 0. The Morgan fingerprint density at radius 3 is 3.10 bits per heavy atom. The normalized spacial score (nSPS) is 22.3. The van der Waals surface area contributed by atoms with Gasteiger partial charge in [-0.25, -0.2) is 0 Å². The summed E-state index contributed by atoms with van der Waals surface area (Å²) in [6.07, 6.45) is 0.398. The van der Waals surface area contributed by atoms with Crippen LogP contribution in [0.4, 0.5) is 0 Å². The molecule has 1 saturated heterocycles. The van der Waals surface area contributed by atoms with Crippen LogP contribution in [0, 0.1) is 0 Å². The molecule has 0 aromatic rings. The van der Waals surface area contributed by atoms with E-state index in [9.17, 15) is 4.79 Å². The third-order valence-corrected chi connectivity index (χ3v) is 2.20. The van der Waals surface area contributed by atoms with Crippen LogP contribution in [-0.4, -0.2) is 37.3 Å². The molecule has 1 rings (SSSR count). The molecular formula is C6H10O3S. The summed E-state index contributed by atoms with van der Waals surface area (Å²) < 4.78 is 9.40. The Hall–Kier alpha value is -0.220. The van der Waals surface area contributed by atoms with Gasteiger partial charge in [-0.05, 0) is 0 Å². The van der Waals surface area contributed by atoms with Crippen molar-refractivity contribution in [3.8, 4) is 0 Å². The molecule has 10 heavy (non-hydrogen) atoms. The molecule has 4 heteroatoms. The standard InChI is InChI=1S/C6H10O3S/c1-8-6(7)4-10-3-5-2-9-5/h5H,2-4H2,1H3. The number of ether oxygens (including phenoxy) is 2. The topological polar surface area (TPSA) is 38.8 Å². The lowest BCUT2D eigenvalue weighted by Gasteiger charge is -1.95. The molecule has 3 nitrogen and oxygen atoms in total. The number of thioether (sulfide) groups is 1. The second-order valence-corrected chi connectivity index (χ2v) is 3.08. The minimum atomic E-state index is -0.161. The number of epoxide rings is 1. The maximum absolute atomic E-state index is 10.5. The highest BCUT2D eigenvalue weighted by atomic mass is 32.2. The van der Waals surface area contributed by atoms with Gasteiger partial charge in [-0.2, -0.15) is 0 Å². The van der Waals surface area contributed by atoms with Gasteiger partial charge in [-0.15, -0.1) is 11.8 Å². The van der Waals surface area contributed by atoms with Crippen molar-refractivity contribution in [1.82, 2.24) is 0 Å². The van der Waals surface area contributed by atoms with Crippen molar-refractivity contribution < 1.29 is 14.3 Å². The minimum absolute atomic E-state index is 0.161. The highest BCUT2D eigenvalue weighted by Crippen LogP contribution is 2.15. The van der Waals surface area contributed by atoms with E-state index in [1.807, 2.05) is 0 Å². The third kappa shape index (κ3) is 3.08. The summed E-state index contributed by atoms with van der Waals surface area (Å²) in [6, 6.07) is 0. The van der Waals surface area contributed by atoms with Crippen molar-refractivity contribution in [3.63, 3.8) is 0 Å². The predicted molar refractivity (Wildman–Crippen MR) is 39.1 cm³/mol. The number of hydrogen-bond acceptors (Lipinski definition) is 4. The van der Waals surface area contributed by atoms with Gasteiger partial charge in [0.05, 0.1) is 25.6 Å². The molecule has 58 valence electrons. The average molecular weight is 162 g/mol. The second kappa shape index (κ2) is 3.83. The molecule has 0 N–H and O–H groups in total. The van der Waals surface area contributed by atoms with Crippen molar-refractivity contribution in [3.05, 3.63) is 0 Å². The zero-order chi connectivity index (χ0) is 7.40. The van der Waals surface area contributed by atoms with Crippen LogP contribution in [-0.2, 0) is 14.3 Å². The lowest BCUT2D eigenvalue weighted by molar-refractivity contribution is -0.137. The number of carbonyl (C=O) groups is 1. The Kier molecular flexibility index (Phi) is 3.02. The van der Waals surface area contributed by atoms with E-state index in [1.54, 1.807) is 11.8 Å². The van der Waals surface area contributed by atoms with E-state index < -0.39 is 0 Å². The van der Waals surface area contributed by atoms with Gasteiger partial charge in [-0.3, -0.25) is 4.79 Å². The lowest BCUT2D eigenvalue weighted by atomic mass is 10.6. The molecule has 0 aromatic heterocycles. The fraction of sp³-hybridized carbons (Fsp3) is 0.833. The number of methoxy groups -OCH3 is 1. The Morgan fingerprint density at radius 2 is 2.60 bits per heavy atom. The van der Waals surface area contributed by atoms with Crippen molar-refractivity contribution >= 4 is 17.7 Å². The van der Waals surface area contributed by atoms with Crippen LogP contribution in [0.2, 0.25) is 0 Å². The maximum Gasteiger partial charge on any atom is 0.315 e. The Balaban J connectivity index is 1.88. The van der Waals surface area contributed by atoms with Crippen LogP contribution in [0.5, 0.6) is 0 Å². The Bertz CT molecular complexity index is 122. The second-order valence-electron chi connectivity index (χ2n) is 2.05. The molecule has 0 spiro atoms. The van der Waals surface area contributed by atoms with Crippen molar-refractivity contribution in [2.75, 3.05) is 25.2 Å². The molecule has 0 amide bonds. The first kappa shape index (κ1) is 7.88. The number of esters is 1. The van der Waals surface area contributed by atoms with E-state index >= 15 is 0 Å². The van der Waals surface area contributed by atoms with Gasteiger partial charge in [0.1, 0.15) is 0 Å². The largest absolute Gasteiger partial charge is 0.468 e. The number of rotatable bonds is 4. The van der Waals surface area contributed by atoms with Crippen LogP contribution in [0.3, 0.4) is 0 Å². The minimum Gasteiger partial charge on any atom is -0.468 e. The summed E-state index contributed by atoms with van der Waals surface area (Å²) in [7, 11) is 1.40. The van der Waals surface area contributed by atoms with Gasteiger partial charge < -0.3 is 9.47 Å². The fourth-order valence-electron chi connectivity index (χ4n) is 0.497. The monoisotopic (exact) mass is 162 g/mol. The van der Waals surface area contributed by atoms with E-state index in [0.717, 1.165) is 12.4 Å².